The van der Waals surface area contributed by atoms with E-state index in [4.69, 9.17) is 16.6 Å². The lowest BCUT2D eigenvalue weighted by atomic mass is 9.51. The fourth-order valence-corrected chi connectivity index (χ4v) is 5.98. The van der Waals surface area contributed by atoms with Crippen LogP contribution in [0.3, 0.4) is 0 Å². The highest BCUT2D eigenvalue weighted by atomic mass is 35.5. The zero-order chi connectivity index (χ0) is 31.6. The molecule has 1 saturated heterocycles. The van der Waals surface area contributed by atoms with Crippen LogP contribution in [0, 0.1) is 20.8 Å². The number of nitrogens with zero attached hydrogens (tertiary/aromatic N) is 6. The van der Waals surface area contributed by atoms with E-state index in [-0.39, 0.29) is 35.2 Å². The molecular weight excluding hydrogens is 568 g/mol. The van der Waals surface area contributed by atoms with Gasteiger partial charge >= 0.3 is 11.1 Å². The Morgan fingerprint density at radius 1 is 1.16 bits per heavy atom. The third-order valence-corrected chi connectivity index (χ3v) is 8.94. The van der Waals surface area contributed by atoms with E-state index < -0.39 is 28.0 Å². The highest BCUT2D eigenvalue weighted by molar-refractivity contribution is 6.39. The standard InChI is InChI=1S/C30H32B2ClFN6O3/c1-7-22(41)38-13-29(34,14-38)30(31,32)40-21-10-20(33)24(19-12-35-11-17(5)18(19)6)37-26(21)39(27(42)28(40)43)25-16(4)8-9-36-23(25)15(2)3/h7-12,15H,1,13-14,31-32H2,2-6H3. The summed E-state index contributed by atoms with van der Waals surface area (Å²) < 4.78 is 19.0. The van der Waals surface area contributed by atoms with E-state index >= 15 is 4.39 Å². The summed E-state index contributed by atoms with van der Waals surface area (Å²) in [5.41, 5.74) is 1.02. The van der Waals surface area contributed by atoms with Gasteiger partial charge in [-0.2, -0.15) is 0 Å². The van der Waals surface area contributed by atoms with Gasteiger partial charge in [-0.1, -0.05) is 32.0 Å². The van der Waals surface area contributed by atoms with Crippen LogP contribution in [0.5, 0.6) is 0 Å². The molecule has 9 nitrogen and oxygen atoms in total. The Kier molecular flexibility index (Phi) is 7.49. The van der Waals surface area contributed by atoms with Gasteiger partial charge in [0.05, 0.1) is 40.7 Å². The summed E-state index contributed by atoms with van der Waals surface area (Å²) in [4.78, 5) is 55.5. The number of hydrogen-bond donors (Lipinski definition) is 0. The Hall–Kier alpha value is -4.05. The first-order valence-corrected chi connectivity index (χ1v) is 14.4. The first kappa shape index (κ1) is 30.4. The lowest BCUT2D eigenvalue weighted by Crippen LogP contribution is -2.74. The molecule has 0 spiro atoms. The molecular formula is C30H32B2ClFN6O3. The van der Waals surface area contributed by atoms with Crippen LogP contribution in [0.2, 0.25) is 5.02 Å². The van der Waals surface area contributed by atoms with Gasteiger partial charge in [0.1, 0.15) is 15.7 Å². The first-order valence-electron chi connectivity index (χ1n) is 14.0. The third-order valence-electron chi connectivity index (χ3n) is 8.65. The van der Waals surface area contributed by atoms with Gasteiger partial charge in [0, 0.05) is 29.5 Å². The summed E-state index contributed by atoms with van der Waals surface area (Å²) in [6.45, 7) is 12.5. The van der Waals surface area contributed by atoms with Crippen LogP contribution in [-0.2, 0) is 10.1 Å². The molecule has 1 aliphatic heterocycles. The van der Waals surface area contributed by atoms with E-state index in [1.807, 2.05) is 34.6 Å². The molecule has 1 aliphatic rings. The topological polar surface area (TPSA) is 103 Å². The maximum Gasteiger partial charge on any atom is 0.322 e. The number of carbonyl (C=O) groups is 1. The third kappa shape index (κ3) is 4.63. The Labute approximate surface area is 255 Å². The van der Waals surface area contributed by atoms with Crippen molar-refractivity contribution < 1.29 is 9.18 Å². The molecule has 5 heterocycles. The molecule has 5 rings (SSSR count). The zero-order valence-corrected chi connectivity index (χ0v) is 26.1. The Bertz CT molecular complexity index is 1950. The molecule has 0 N–H and O–H groups in total. The smallest absolute Gasteiger partial charge is 0.322 e. The number of likely N-dealkylation sites (tertiary alicyclic amines) is 1. The lowest BCUT2D eigenvalue weighted by molar-refractivity contribution is -0.143. The van der Waals surface area contributed by atoms with Crippen LogP contribution in [0.1, 0.15) is 42.1 Å². The Morgan fingerprint density at radius 3 is 2.47 bits per heavy atom. The number of fused-ring (bicyclic) bond motifs is 1. The predicted octanol–water partition coefficient (Wildman–Crippen LogP) is 2.32. The average Bonchev–Trinajstić information content (AvgIpc) is 2.93. The number of pyridine rings is 3. The van der Waals surface area contributed by atoms with Crippen molar-refractivity contribution in [2.24, 2.45) is 0 Å². The van der Waals surface area contributed by atoms with Crippen LogP contribution in [0.4, 0.5) is 4.39 Å². The number of hydrogen-bond acceptors (Lipinski definition) is 6. The minimum absolute atomic E-state index is 0.0943. The number of halogens is 2. The van der Waals surface area contributed by atoms with Crippen molar-refractivity contribution in [3.63, 3.8) is 0 Å². The molecule has 0 unspecified atom stereocenters. The van der Waals surface area contributed by atoms with Gasteiger partial charge in [-0.3, -0.25) is 28.9 Å². The summed E-state index contributed by atoms with van der Waals surface area (Å²) in [5.74, 6) is -0.510. The number of aromatic nitrogens is 5. The quantitative estimate of drug-likeness (QED) is 0.191. The maximum atomic E-state index is 16.6. The van der Waals surface area contributed by atoms with Crippen molar-refractivity contribution >= 4 is 44.4 Å². The SMILES string of the molecule is BC(B)(n1c(=O)c(=O)n(-c2c(C)ccnc2C(C)C)c2nc(-c3cncc(C)c3C)c(Cl)cc21)C1(F)CN(C(=O)C=C)C1. The van der Waals surface area contributed by atoms with Crippen LogP contribution in [-0.4, -0.2) is 69.3 Å². The van der Waals surface area contributed by atoms with Gasteiger partial charge in [-0.15, -0.1) is 0 Å². The summed E-state index contributed by atoms with van der Waals surface area (Å²) in [6.07, 6.45) is 6.15. The number of amides is 1. The molecule has 13 heteroatoms. The lowest BCUT2D eigenvalue weighted by Gasteiger charge is -2.53. The molecule has 1 fully saturated rings. The van der Waals surface area contributed by atoms with Gasteiger partial charge in [0.2, 0.25) is 5.91 Å². The molecule has 4 aromatic rings. The number of aryl methyl sites for hydroxylation is 2. The minimum atomic E-state index is -2.03. The van der Waals surface area contributed by atoms with Gasteiger partial charge < -0.3 is 9.47 Å². The molecule has 0 bridgehead atoms. The van der Waals surface area contributed by atoms with Crippen molar-refractivity contribution in [2.45, 2.75) is 51.5 Å². The van der Waals surface area contributed by atoms with Crippen LogP contribution in [0.15, 0.2) is 53.0 Å². The molecule has 4 aromatic heterocycles. The largest absolute Gasteiger partial charge is 0.333 e. The second-order valence-corrected chi connectivity index (χ2v) is 12.4. The van der Waals surface area contributed by atoms with Crippen LogP contribution < -0.4 is 11.1 Å². The highest BCUT2D eigenvalue weighted by Crippen LogP contribution is 2.39. The second-order valence-electron chi connectivity index (χ2n) is 12.0. The van der Waals surface area contributed by atoms with Crippen molar-refractivity contribution in [3.8, 4) is 16.9 Å². The molecule has 1 amide bonds. The van der Waals surface area contributed by atoms with E-state index in [2.05, 4.69) is 16.5 Å². The van der Waals surface area contributed by atoms with Crippen LogP contribution in [0.25, 0.3) is 28.1 Å². The monoisotopic (exact) mass is 600 g/mol. The zero-order valence-electron chi connectivity index (χ0n) is 25.3. The summed E-state index contributed by atoms with van der Waals surface area (Å²) >= 11 is 6.87. The van der Waals surface area contributed by atoms with Crippen molar-refractivity contribution in [3.05, 3.63) is 91.5 Å². The van der Waals surface area contributed by atoms with Crippen molar-refractivity contribution in [2.75, 3.05) is 13.1 Å². The van der Waals surface area contributed by atoms with Crippen LogP contribution >= 0.6 is 11.6 Å². The van der Waals surface area contributed by atoms with Gasteiger partial charge in [0.25, 0.3) is 0 Å². The molecule has 220 valence electrons. The summed E-state index contributed by atoms with van der Waals surface area (Å²) in [5, 5.41) is -1.37. The van der Waals surface area contributed by atoms with E-state index in [1.165, 1.54) is 9.47 Å². The highest BCUT2D eigenvalue weighted by Gasteiger charge is 2.57. The molecule has 0 aliphatic carbocycles. The number of carbonyl (C=O) groups excluding carboxylic acids is 1. The molecule has 0 saturated carbocycles. The van der Waals surface area contributed by atoms with Gasteiger partial charge in [-0.25, -0.2) is 9.37 Å². The Morgan fingerprint density at radius 2 is 1.84 bits per heavy atom. The molecule has 0 radical (unpaired) electrons. The van der Waals surface area contributed by atoms with E-state index in [0.717, 1.165) is 21.8 Å². The van der Waals surface area contributed by atoms with Crippen molar-refractivity contribution in [1.29, 1.82) is 0 Å². The van der Waals surface area contributed by atoms with Crippen molar-refractivity contribution in [1.82, 2.24) is 29.0 Å². The minimum Gasteiger partial charge on any atom is -0.333 e. The maximum absolute atomic E-state index is 16.6. The van der Waals surface area contributed by atoms with E-state index in [9.17, 15) is 14.4 Å². The predicted molar refractivity (Wildman–Crippen MR) is 172 cm³/mol. The fraction of sp³-hybridized carbons (Fsp3) is 0.333. The normalized spacial score (nSPS) is 14.7. The fourth-order valence-electron chi connectivity index (χ4n) is 5.73. The number of alkyl halides is 1. The van der Waals surface area contributed by atoms with E-state index in [0.29, 0.717) is 28.2 Å². The van der Waals surface area contributed by atoms with Gasteiger partial charge in [-0.05, 0) is 61.6 Å². The average molecular weight is 601 g/mol. The second kappa shape index (κ2) is 10.6. The molecule has 43 heavy (non-hydrogen) atoms. The van der Waals surface area contributed by atoms with E-state index in [1.54, 1.807) is 46.4 Å². The first-order chi connectivity index (χ1) is 20.1. The molecule has 0 aromatic carbocycles. The Balaban J connectivity index is 1.92. The number of rotatable bonds is 6. The summed E-state index contributed by atoms with van der Waals surface area (Å²) in [6, 6.07) is 3.31. The van der Waals surface area contributed by atoms with Gasteiger partial charge in [0.15, 0.2) is 11.3 Å². The molecule has 0 atom stereocenters. The summed E-state index contributed by atoms with van der Waals surface area (Å²) in [7, 11) is 3.08.